The van der Waals surface area contributed by atoms with Crippen LogP contribution in [0.25, 0.3) is 0 Å². The van der Waals surface area contributed by atoms with E-state index in [0.29, 0.717) is 0 Å². The minimum atomic E-state index is 0.744. The topological polar surface area (TPSA) is 42.9 Å². The van der Waals surface area contributed by atoms with Gasteiger partial charge in [-0.05, 0) is 35.9 Å². The van der Waals surface area contributed by atoms with Gasteiger partial charge in [-0.25, -0.2) is 4.99 Å². The zero-order valence-electron chi connectivity index (χ0n) is 13.8. The van der Waals surface area contributed by atoms with Crippen LogP contribution in [0.2, 0.25) is 0 Å². The van der Waals surface area contributed by atoms with E-state index in [4.69, 9.17) is 0 Å². The molecule has 124 valence electrons. The highest BCUT2D eigenvalue weighted by Gasteiger charge is 2.14. The molecule has 22 heavy (non-hydrogen) atoms. The second-order valence-corrected chi connectivity index (χ2v) is 6.31. The van der Waals surface area contributed by atoms with Crippen LogP contribution < -0.4 is 10.6 Å². The molecule has 0 bridgehead atoms. The van der Waals surface area contributed by atoms with Crippen molar-refractivity contribution in [2.45, 2.75) is 20.4 Å². The normalized spacial score (nSPS) is 17.6. The van der Waals surface area contributed by atoms with E-state index in [1.165, 1.54) is 38.3 Å². The van der Waals surface area contributed by atoms with Gasteiger partial charge in [0.15, 0.2) is 5.96 Å². The van der Waals surface area contributed by atoms with Crippen molar-refractivity contribution in [3.8, 4) is 0 Å². The number of nitrogens with zero attached hydrogens (tertiary/aromatic N) is 3. The molecular formula is C16H29N5S. The van der Waals surface area contributed by atoms with Crippen LogP contribution in [0.4, 0.5) is 0 Å². The van der Waals surface area contributed by atoms with Gasteiger partial charge in [0.25, 0.3) is 0 Å². The zero-order chi connectivity index (χ0) is 15.6. The second kappa shape index (κ2) is 9.82. The van der Waals surface area contributed by atoms with Gasteiger partial charge in [-0.2, -0.15) is 11.3 Å². The number of thiophene rings is 1. The Kier molecular flexibility index (Phi) is 7.70. The van der Waals surface area contributed by atoms with Crippen molar-refractivity contribution in [1.82, 2.24) is 20.4 Å². The highest BCUT2D eigenvalue weighted by molar-refractivity contribution is 7.07. The molecule has 1 aliphatic heterocycles. The van der Waals surface area contributed by atoms with Gasteiger partial charge < -0.3 is 15.5 Å². The summed E-state index contributed by atoms with van der Waals surface area (Å²) in [7, 11) is 0. The number of hydrogen-bond acceptors (Lipinski definition) is 4. The first-order valence-corrected chi connectivity index (χ1v) is 9.24. The Labute approximate surface area is 138 Å². The summed E-state index contributed by atoms with van der Waals surface area (Å²) in [4.78, 5) is 9.68. The van der Waals surface area contributed by atoms with Gasteiger partial charge in [0.05, 0.1) is 6.54 Å². The number of aliphatic imine (C=N–C) groups is 1. The average Bonchev–Trinajstić information content (AvgIpc) is 3.06. The van der Waals surface area contributed by atoms with E-state index in [1.807, 2.05) is 0 Å². The summed E-state index contributed by atoms with van der Waals surface area (Å²) in [6.45, 7) is 13.9. The molecule has 5 nitrogen and oxygen atoms in total. The number of piperazine rings is 1. The second-order valence-electron chi connectivity index (χ2n) is 5.53. The molecule has 0 saturated carbocycles. The lowest BCUT2D eigenvalue weighted by Crippen LogP contribution is -2.49. The number of guanidine groups is 1. The molecule has 0 aliphatic carbocycles. The molecule has 1 fully saturated rings. The fraction of sp³-hybridized carbons (Fsp3) is 0.688. The van der Waals surface area contributed by atoms with E-state index < -0.39 is 0 Å². The highest BCUT2D eigenvalue weighted by atomic mass is 32.1. The number of likely N-dealkylation sites (N-methyl/N-ethyl adjacent to an activating group) is 1. The number of rotatable bonds is 7. The summed E-state index contributed by atoms with van der Waals surface area (Å²) in [5, 5.41) is 11.0. The van der Waals surface area contributed by atoms with Gasteiger partial charge in [0.2, 0.25) is 0 Å². The summed E-state index contributed by atoms with van der Waals surface area (Å²) in [6, 6.07) is 2.13. The Hall–Kier alpha value is -1.11. The molecule has 0 unspecified atom stereocenters. The van der Waals surface area contributed by atoms with E-state index in [-0.39, 0.29) is 0 Å². The lowest BCUT2D eigenvalue weighted by atomic mass is 10.3. The molecule has 0 atom stereocenters. The van der Waals surface area contributed by atoms with Crippen molar-refractivity contribution in [3.63, 3.8) is 0 Å². The lowest BCUT2D eigenvalue weighted by Gasteiger charge is -2.34. The van der Waals surface area contributed by atoms with Crippen LogP contribution in [0.3, 0.4) is 0 Å². The summed E-state index contributed by atoms with van der Waals surface area (Å²) in [5.74, 6) is 0.917. The minimum Gasteiger partial charge on any atom is -0.357 e. The molecular weight excluding hydrogens is 294 g/mol. The van der Waals surface area contributed by atoms with Crippen molar-refractivity contribution in [2.24, 2.45) is 4.99 Å². The Balaban J connectivity index is 1.69. The molecule has 0 spiro atoms. The molecule has 1 saturated heterocycles. The van der Waals surface area contributed by atoms with Crippen molar-refractivity contribution >= 4 is 17.3 Å². The Morgan fingerprint density at radius 3 is 2.59 bits per heavy atom. The quantitative estimate of drug-likeness (QED) is 0.589. The lowest BCUT2D eigenvalue weighted by molar-refractivity contribution is 0.139. The Morgan fingerprint density at radius 2 is 1.95 bits per heavy atom. The molecule has 1 aliphatic rings. The molecule has 0 radical (unpaired) electrons. The van der Waals surface area contributed by atoms with Gasteiger partial charge in [-0.3, -0.25) is 4.90 Å². The Bertz CT molecular complexity index is 424. The molecule has 1 aromatic heterocycles. The Morgan fingerprint density at radius 1 is 1.18 bits per heavy atom. The van der Waals surface area contributed by atoms with Gasteiger partial charge in [-0.15, -0.1) is 0 Å². The molecule has 0 amide bonds. The fourth-order valence-corrected chi connectivity index (χ4v) is 3.22. The standard InChI is InChI=1S/C16H29N5S/c1-3-17-16(19-13-15-5-12-22-14-15)18-6-7-21-10-8-20(4-2)9-11-21/h5,12,14H,3-4,6-11,13H2,1-2H3,(H2,17,18,19). The minimum absolute atomic E-state index is 0.744. The van der Waals surface area contributed by atoms with Gasteiger partial charge in [0.1, 0.15) is 0 Å². The molecule has 1 aromatic rings. The van der Waals surface area contributed by atoms with Crippen LogP contribution in [-0.2, 0) is 6.54 Å². The first-order chi connectivity index (χ1) is 10.8. The van der Waals surface area contributed by atoms with Crippen molar-refractivity contribution in [3.05, 3.63) is 22.4 Å². The van der Waals surface area contributed by atoms with Crippen molar-refractivity contribution in [1.29, 1.82) is 0 Å². The van der Waals surface area contributed by atoms with Crippen molar-refractivity contribution < 1.29 is 0 Å². The molecule has 2 N–H and O–H groups in total. The third-order valence-corrected chi connectivity index (χ3v) is 4.71. The van der Waals surface area contributed by atoms with E-state index in [1.54, 1.807) is 11.3 Å². The van der Waals surface area contributed by atoms with E-state index in [0.717, 1.165) is 32.1 Å². The largest absolute Gasteiger partial charge is 0.357 e. The highest BCUT2D eigenvalue weighted by Crippen LogP contribution is 2.06. The van der Waals surface area contributed by atoms with Crippen LogP contribution >= 0.6 is 11.3 Å². The van der Waals surface area contributed by atoms with Crippen LogP contribution in [0.15, 0.2) is 21.8 Å². The van der Waals surface area contributed by atoms with Crippen LogP contribution in [-0.4, -0.2) is 68.1 Å². The maximum absolute atomic E-state index is 4.64. The molecule has 2 rings (SSSR count). The predicted octanol–water partition coefficient (Wildman–Crippen LogP) is 1.44. The number of nitrogens with one attached hydrogen (secondary N) is 2. The summed E-state index contributed by atoms with van der Waals surface area (Å²) in [5.41, 5.74) is 1.28. The molecule has 6 heteroatoms. The van der Waals surface area contributed by atoms with Crippen molar-refractivity contribution in [2.75, 3.05) is 52.4 Å². The van der Waals surface area contributed by atoms with Crippen LogP contribution in [0.1, 0.15) is 19.4 Å². The zero-order valence-corrected chi connectivity index (χ0v) is 14.7. The van der Waals surface area contributed by atoms with Crippen LogP contribution in [0, 0.1) is 0 Å². The molecule has 0 aromatic carbocycles. The average molecular weight is 324 g/mol. The monoisotopic (exact) mass is 323 g/mol. The maximum Gasteiger partial charge on any atom is 0.191 e. The van der Waals surface area contributed by atoms with E-state index in [9.17, 15) is 0 Å². The van der Waals surface area contributed by atoms with Crippen LogP contribution in [0.5, 0.6) is 0 Å². The smallest absolute Gasteiger partial charge is 0.191 e. The maximum atomic E-state index is 4.64. The summed E-state index contributed by atoms with van der Waals surface area (Å²) in [6.07, 6.45) is 0. The van der Waals surface area contributed by atoms with Gasteiger partial charge in [0, 0.05) is 45.8 Å². The predicted molar refractivity (Wildman–Crippen MR) is 95.7 cm³/mol. The third-order valence-electron chi connectivity index (χ3n) is 3.98. The summed E-state index contributed by atoms with van der Waals surface area (Å²) >= 11 is 1.72. The van der Waals surface area contributed by atoms with Gasteiger partial charge in [-0.1, -0.05) is 6.92 Å². The van der Waals surface area contributed by atoms with Gasteiger partial charge >= 0.3 is 0 Å². The third kappa shape index (κ3) is 5.94. The molecule has 2 heterocycles. The first kappa shape index (κ1) is 17.2. The number of hydrogen-bond donors (Lipinski definition) is 2. The SMILES string of the molecule is CCNC(=NCc1ccsc1)NCCN1CCN(CC)CC1. The fourth-order valence-electron chi connectivity index (χ4n) is 2.56. The summed E-state index contributed by atoms with van der Waals surface area (Å²) < 4.78 is 0. The first-order valence-electron chi connectivity index (χ1n) is 8.29. The van der Waals surface area contributed by atoms with E-state index in [2.05, 4.69) is 56.1 Å². The van der Waals surface area contributed by atoms with E-state index >= 15 is 0 Å².